The number of rotatable bonds is 5. The summed E-state index contributed by atoms with van der Waals surface area (Å²) in [4.78, 5) is 26.3. The lowest BCUT2D eigenvalue weighted by Crippen LogP contribution is -2.35. The van der Waals surface area contributed by atoms with Crippen LogP contribution < -0.4 is 0 Å². The zero-order chi connectivity index (χ0) is 13.6. The molecule has 0 aromatic carbocycles. The summed E-state index contributed by atoms with van der Waals surface area (Å²) in [6, 6.07) is 0. The van der Waals surface area contributed by atoms with Gasteiger partial charge in [0, 0.05) is 23.1 Å². The molecule has 1 saturated carbocycles. The predicted octanol–water partition coefficient (Wildman–Crippen LogP) is 2.83. The van der Waals surface area contributed by atoms with Crippen molar-refractivity contribution in [1.82, 2.24) is 4.90 Å². The van der Waals surface area contributed by atoms with Crippen molar-refractivity contribution in [3.05, 3.63) is 23.8 Å². The molecule has 0 spiro atoms. The van der Waals surface area contributed by atoms with Crippen LogP contribution in [-0.4, -0.2) is 23.3 Å². The van der Waals surface area contributed by atoms with Gasteiger partial charge in [-0.1, -0.05) is 25.8 Å². The maximum Gasteiger partial charge on any atom is 0.258 e. The Hall–Kier alpha value is -1.38. The highest BCUT2D eigenvalue weighted by molar-refractivity contribution is 6.21. The van der Waals surface area contributed by atoms with Crippen LogP contribution in [-0.2, 0) is 9.59 Å². The third kappa shape index (κ3) is 1.57. The van der Waals surface area contributed by atoms with Crippen LogP contribution in [0.4, 0.5) is 0 Å². The van der Waals surface area contributed by atoms with Gasteiger partial charge in [0.05, 0.1) is 0 Å². The number of hydrogen-bond donors (Lipinski definition) is 0. The fourth-order valence-electron chi connectivity index (χ4n) is 4.25. The van der Waals surface area contributed by atoms with Gasteiger partial charge in [-0.05, 0) is 31.6 Å². The molecule has 1 fully saturated rings. The van der Waals surface area contributed by atoms with Gasteiger partial charge < -0.3 is 0 Å². The number of carbonyl (C=O) groups is 2. The summed E-state index contributed by atoms with van der Waals surface area (Å²) in [5.74, 6) is 0.277. The maximum absolute atomic E-state index is 12.5. The topological polar surface area (TPSA) is 37.4 Å². The molecule has 3 aliphatic rings. The first kappa shape index (κ1) is 12.6. The highest BCUT2D eigenvalue weighted by Crippen LogP contribution is 2.62. The lowest BCUT2D eigenvalue weighted by molar-refractivity contribution is -0.137. The molecule has 3 rings (SSSR count). The van der Waals surface area contributed by atoms with Gasteiger partial charge in [-0.3, -0.25) is 14.5 Å². The molecule has 2 amide bonds. The summed E-state index contributed by atoms with van der Waals surface area (Å²) in [5.41, 5.74) is 1.76. The Labute approximate surface area is 114 Å². The molecule has 0 saturated heterocycles. The molecule has 3 nitrogen and oxygen atoms in total. The Morgan fingerprint density at radius 1 is 1.42 bits per heavy atom. The van der Waals surface area contributed by atoms with E-state index in [1.54, 1.807) is 6.08 Å². The van der Waals surface area contributed by atoms with Crippen LogP contribution in [0.3, 0.4) is 0 Å². The van der Waals surface area contributed by atoms with Crippen LogP contribution in [0.5, 0.6) is 0 Å². The van der Waals surface area contributed by atoms with E-state index < -0.39 is 0 Å². The van der Waals surface area contributed by atoms with Crippen LogP contribution in [0.1, 0.15) is 45.4 Å². The van der Waals surface area contributed by atoms with E-state index in [4.69, 9.17) is 0 Å². The first-order valence-electron chi connectivity index (χ1n) is 7.36. The molecule has 0 radical (unpaired) electrons. The lowest BCUT2D eigenvalue weighted by Gasteiger charge is -2.29. The van der Waals surface area contributed by atoms with E-state index >= 15 is 0 Å². The fraction of sp³-hybridized carbons (Fsp3) is 0.625. The third-order valence-electron chi connectivity index (χ3n) is 5.07. The van der Waals surface area contributed by atoms with Crippen molar-refractivity contribution in [2.45, 2.75) is 45.4 Å². The van der Waals surface area contributed by atoms with Crippen molar-refractivity contribution in [1.29, 1.82) is 0 Å². The molecule has 1 aliphatic heterocycles. The third-order valence-corrected chi connectivity index (χ3v) is 5.07. The minimum atomic E-state index is -0.0389. The Kier molecular flexibility index (Phi) is 2.88. The van der Waals surface area contributed by atoms with Crippen LogP contribution >= 0.6 is 0 Å². The van der Waals surface area contributed by atoms with E-state index in [-0.39, 0.29) is 17.2 Å². The molecule has 0 N–H and O–H groups in total. The van der Waals surface area contributed by atoms with E-state index in [0.29, 0.717) is 12.5 Å². The van der Waals surface area contributed by atoms with Gasteiger partial charge in [0.15, 0.2) is 0 Å². The van der Waals surface area contributed by atoms with Crippen molar-refractivity contribution in [2.24, 2.45) is 11.3 Å². The molecule has 0 aromatic heterocycles. The number of carbonyl (C=O) groups excluding carboxylic acids is 2. The van der Waals surface area contributed by atoms with Gasteiger partial charge in [0.25, 0.3) is 11.8 Å². The zero-order valence-electron chi connectivity index (χ0n) is 11.6. The Balaban J connectivity index is 1.96. The highest BCUT2D eigenvalue weighted by Gasteiger charge is 2.59. The van der Waals surface area contributed by atoms with Crippen LogP contribution in [0.15, 0.2) is 23.8 Å². The SMILES string of the molecule is C=CCN1C(=O)C2=C(C1=O)C1(CCCC)CCC2C1. The second-order valence-corrected chi connectivity index (χ2v) is 6.12. The molecule has 1 heterocycles. The zero-order valence-corrected chi connectivity index (χ0v) is 11.6. The van der Waals surface area contributed by atoms with Crippen molar-refractivity contribution in [3.63, 3.8) is 0 Å². The summed E-state index contributed by atoms with van der Waals surface area (Å²) in [7, 11) is 0. The molecule has 2 aliphatic carbocycles. The number of amides is 2. The standard InChI is InChI=1S/C16H21NO2/c1-3-5-7-16-8-6-11(10-16)12-13(16)15(19)17(9-4-2)14(12)18/h4,11H,2-3,5-10H2,1H3. The van der Waals surface area contributed by atoms with Crippen LogP contribution in [0, 0.1) is 11.3 Å². The van der Waals surface area contributed by atoms with Gasteiger partial charge in [0.1, 0.15) is 0 Å². The number of hydrogen-bond acceptors (Lipinski definition) is 2. The Morgan fingerprint density at radius 2 is 2.21 bits per heavy atom. The second-order valence-electron chi connectivity index (χ2n) is 6.12. The highest BCUT2D eigenvalue weighted by atomic mass is 16.2. The number of fused-ring (bicyclic) bond motifs is 4. The summed E-state index contributed by atoms with van der Waals surface area (Å²) >= 11 is 0. The molecule has 0 aromatic rings. The largest absolute Gasteiger partial charge is 0.271 e. The van der Waals surface area contributed by atoms with E-state index in [2.05, 4.69) is 13.5 Å². The lowest BCUT2D eigenvalue weighted by atomic mass is 9.75. The minimum absolute atomic E-state index is 0.0265. The van der Waals surface area contributed by atoms with Crippen molar-refractivity contribution in [3.8, 4) is 0 Å². The van der Waals surface area contributed by atoms with Crippen LogP contribution in [0.25, 0.3) is 0 Å². The van der Waals surface area contributed by atoms with Gasteiger partial charge in [0.2, 0.25) is 0 Å². The van der Waals surface area contributed by atoms with E-state index in [1.165, 1.54) is 4.90 Å². The summed E-state index contributed by atoms with van der Waals surface area (Å²) < 4.78 is 0. The van der Waals surface area contributed by atoms with Gasteiger partial charge in [-0.25, -0.2) is 0 Å². The van der Waals surface area contributed by atoms with E-state index in [1.807, 2.05) is 0 Å². The van der Waals surface area contributed by atoms with Crippen molar-refractivity contribution in [2.75, 3.05) is 6.54 Å². The maximum atomic E-state index is 12.5. The average molecular weight is 259 g/mol. The van der Waals surface area contributed by atoms with E-state index in [9.17, 15) is 9.59 Å². The number of unbranched alkanes of at least 4 members (excludes halogenated alkanes) is 1. The minimum Gasteiger partial charge on any atom is -0.271 e. The first-order chi connectivity index (χ1) is 9.14. The van der Waals surface area contributed by atoms with Gasteiger partial charge in [-0.15, -0.1) is 6.58 Å². The molecule has 19 heavy (non-hydrogen) atoms. The monoisotopic (exact) mass is 259 g/mol. The number of imide groups is 1. The number of nitrogens with zero attached hydrogens (tertiary/aromatic N) is 1. The molecule has 2 unspecified atom stereocenters. The normalized spacial score (nSPS) is 32.5. The first-order valence-corrected chi connectivity index (χ1v) is 7.36. The number of likely N-dealkylation sites (tertiary alicyclic amines) is 1. The Morgan fingerprint density at radius 3 is 2.89 bits per heavy atom. The summed E-state index contributed by atoms with van der Waals surface area (Å²) in [6.45, 7) is 6.17. The molecular formula is C16H21NO2. The van der Waals surface area contributed by atoms with E-state index in [0.717, 1.165) is 49.7 Å². The Bertz CT molecular complexity index is 491. The van der Waals surface area contributed by atoms with Crippen molar-refractivity contribution >= 4 is 11.8 Å². The second kappa shape index (κ2) is 4.32. The van der Waals surface area contributed by atoms with Gasteiger partial charge >= 0.3 is 0 Å². The molecule has 3 heteroatoms. The van der Waals surface area contributed by atoms with Gasteiger partial charge in [-0.2, -0.15) is 0 Å². The molecule has 2 bridgehead atoms. The fourth-order valence-corrected chi connectivity index (χ4v) is 4.25. The predicted molar refractivity (Wildman–Crippen MR) is 73.2 cm³/mol. The average Bonchev–Trinajstić information content (AvgIpc) is 3.03. The summed E-state index contributed by atoms with van der Waals surface area (Å²) in [6.07, 6.45) is 8.22. The smallest absolute Gasteiger partial charge is 0.258 e. The molecule has 2 atom stereocenters. The van der Waals surface area contributed by atoms with Crippen molar-refractivity contribution < 1.29 is 9.59 Å². The molecule has 102 valence electrons. The quantitative estimate of drug-likeness (QED) is 0.562. The summed E-state index contributed by atoms with van der Waals surface area (Å²) in [5, 5.41) is 0. The molecular weight excluding hydrogens is 238 g/mol. The van der Waals surface area contributed by atoms with Crippen LogP contribution in [0.2, 0.25) is 0 Å².